The zero-order chi connectivity index (χ0) is 8.10. The van der Waals surface area contributed by atoms with Crippen molar-refractivity contribution in [2.45, 2.75) is 13.3 Å². The van der Waals surface area contributed by atoms with E-state index >= 15 is 0 Å². The molecular formula is C9H16N2. The summed E-state index contributed by atoms with van der Waals surface area (Å²) in [5.41, 5.74) is 6.86. The molecule has 62 valence electrons. The standard InChI is InChI=1S/C9H16N2/c1-2-11-8-4-3-5-9(11)6-7-10/h3-5H,2,6-8,10H2,1H3. The van der Waals surface area contributed by atoms with Crippen LogP contribution in [0.3, 0.4) is 0 Å². The third-order valence-electron chi connectivity index (χ3n) is 1.94. The number of allylic oxidation sites excluding steroid dienone is 2. The minimum atomic E-state index is 0.746. The van der Waals surface area contributed by atoms with Gasteiger partial charge in [-0.05, 0) is 26.0 Å². The summed E-state index contributed by atoms with van der Waals surface area (Å²) in [4.78, 5) is 2.34. The van der Waals surface area contributed by atoms with E-state index < -0.39 is 0 Å². The second-order valence-electron chi connectivity index (χ2n) is 2.66. The van der Waals surface area contributed by atoms with Gasteiger partial charge in [0.25, 0.3) is 0 Å². The van der Waals surface area contributed by atoms with E-state index in [1.165, 1.54) is 5.70 Å². The Morgan fingerprint density at radius 3 is 3.09 bits per heavy atom. The Kier molecular flexibility index (Phi) is 3.17. The number of likely N-dealkylation sites (N-methyl/N-ethyl adjacent to an activating group) is 1. The van der Waals surface area contributed by atoms with Gasteiger partial charge in [0.05, 0.1) is 0 Å². The minimum Gasteiger partial charge on any atom is -0.371 e. The maximum atomic E-state index is 5.48. The molecule has 0 aromatic rings. The van der Waals surface area contributed by atoms with Gasteiger partial charge < -0.3 is 10.6 Å². The van der Waals surface area contributed by atoms with Gasteiger partial charge in [0.1, 0.15) is 0 Å². The van der Waals surface area contributed by atoms with Crippen LogP contribution in [-0.2, 0) is 0 Å². The Bertz CT molecular complexity index is 170. The molecule has 1 heterocycles. The fourth-order valence-electron chi connectivity index (χ4n) is 1.31. The number of nitrogens with two attached hydrogens (primary N) is 1. The Morgan fingerprint density at radius 2 is 2.45 bits per heavy atom. The van der Waals surface area contributed by atoms with E-state index in [0.717, 1.165) is 26.1 Å². The fourth-order valence-corrected chi connectivity index (χ4v) is 1.31. The van der Waals surface area contributed by atoms with Crippen LogP contribution in [0.2, 0.25) is 0 Å². The van der Waals surface area contributed by atoms with E-state index in [-0.39, 0.29) is 0 Å². The number of nitrogens with zero attached hydrogens (tertiary/aromatic N) is 1. The van der Waals surface area contributed by atoms with Crippen LogP contribution in [0.15, 0.2) is 23.9 Å². The summed E-state index contributed by atoms with van der Waals surface area (Å²) in [5, 5.41) is 0. The second kappa shape index (κ2) is 4.19. The number of rotatable bonds is 3. The van der Waals surface area contributed by atoms with E-state index in [1.54, 1.807) is 0 Å². The first kappa shape index (κ1) is 8.34. The highest BCUT2D eigenvalue weighted by molar-refractivity contribution is 5.17. The molecule has 2 N–H and O–H groups in total. The van der Waals surface area contributed by atoms with Crippen LogP contribution >= 0.6 is 0 Å². The summed E-state index contributed by atoms with van der Waals surface area (Å²) >= 11 is 0. The lowest BCUT2D eigenvalue weighted by atomic mass is 10.2. The molecule has 0 fully saturated rings. The van der Waals surface area contributed by atoms with Gasteiger partial charge in [-0.2, -0.15) is 0 Å². The molecule has 0 saturated heterocycles. The molecule has 0 aromatic heterocycles. The van der Waals surface area contributed by atoms with Crippen molar-refractivity contribution in [2.24, 2.45) is 5.73 Å². The van der Waals surface area contributed by atoms with Crippen LogP contribution in [0, 0.1) is 0 Å². The third kappa shape index (κ3) is 2.09. The van der Waals surface area contributed by atoms with Crippen LogP contribution < -0.4 is 5.73 Å². The monoisotopic (exact) mass is 152 g/mol. The van der Waals surface area contributed by atoms with Crippen molar-refractivity contribution in [3.63, 3.8) is 0 Å². The zero-order valence-corrected chi connectivity index (χ0v) is 7.09. The largest absolute Gasteiger partial charge is 0.371 e. The van der Waals surface area contributed by atoms with Gasteiger partial charge in [0, 0.05) is 18.8 Å². The van der Waals surface area contributed by atoms with Crippen molar-refractivity contribution in [3.8, 4) is 0 Å². The van der Waals surface area contributed by atoms with Crippen molar-refractivity contribution in [3.05, 3.63) is 23.9 Å². The summed E-state index contributed by atoms with van der Waals surface area (Å²) < 4.78 is 0. The van der Waals surface area contributed by atoms with Gasteiger partial charge in [-0.1, -0.05) is 12.2 Å². The van der Waals surface area contributed by atoms with Crippen LogP contribution in [0.1, 0.15) is 13.3 Å². The highest BCUT2D eigenvalue weighted by Crippen LogP contribution is 2.11. The molecule has 0 amide bonds. The molecule has 0 unspecified atom stereocenters. The fraction of sp³-hybridized carbons (Fsp3) is 0.556. The highest BCUT2D eigenvalue weighted by atomic mass is 15.1. The van der Waals surface area contributed by atoms with Crippen LogP contribution in [0.4, 0.5) is 0 Å². The molecule has 1 aliphatic rings. The molecule has 1 rings (SSSR count). The molecule has 0 aromatic carbocycles. The van der Waals surface area contributed by atoms with Crippen LogP contribution in [-0.4, -0.2) is 24.5 Å². The summed E-state index contributed by atoms with van der Waals surface area (Å²) in [6, 6.07) is 0. The lowest BCUT2D eigenvalue weighted by molar-refractivity contribution is 0.382. The predicted molar refractivity (Wildman–Crippen MR) is 48.1 cm³/mol. The maximum Gasteiger partial charge on any atom is 0.0359 e. The van der Waals surface area contributed by atoms with Crippen molar-refractivity contribution >= 4 is 0 Å². The van der Waals surface area contributed by atoms with Gasteiger partial charge in [0.2, 0.25) is 0 Å². The minimum absolute atomic E-state index is 0.746. The first-order valence-electron chi connectivity index (χ1n) is 4.19. The van der Waals surface area contributed by atoms with Gasteiger partial charge in [-0.25, -0.2) is 0 Å². The summed E-state index contributed by atoms with van der Waals surface area (Å²) in [6.45, 7) is 5.04. The lowest BCUT2D eigenvalue weighted by Crippen LogP contribution is -2.25. The Morgan fingerprint density at radius 1 is 1.64 bits per heavy atom. The van der Waals surface area contributed by atoms with E-state index in [9.17, 15) is 0 Å². The average Bonchev–Trinajstić information content (AvgIpc) is 2.06. The van der Waals surface area contributed by atoms with Gasteiger partial charge in [-0.3, -0.25) is 0 Å². The Balaban J connectivity index is 2.55. The smallest absolute Gasteiger partial charge is 0.0359 e. The van der Waals surface area contributed by atoms with E-state index in [1.807, 2.05) is 0 Å². The molecule has 1 aliphatic heterocycles. The summed E-state index contributed by atoms with van der Waals surface area (Å²) in [7, 11) is 0. The third-order valence-corrected chi connectivity index (χ3v) is 1.94. The molecule has 0 spiro atoms. The Labute approximate surface area is 68.4 Å². The first-order chi connectivity index (χ1) is 5.38. The number of hydrogen-bond acceptors (Lipinski definition) is 2. The van der Waals surface area contributed by atoms with Crippen molar-refractivity contribution in [1.29, 1.82) is 0 Å². The summed E-state index contributed by atoms with van der Waals surface area (Å²) in [6.07, 6.45) is 7.43. The normalized spacial score (nSPS) is 16.9. The predicted octanol–water partition coefficient (Wildman–Crippen LogP) is 1.11. The maximum absolute atomic E-state index is 5.48. The second-order valence-corrected chi connectivity index (χ2v) is 2.66. The number of hydrogen-bond donors (Lipinski definition) is 1. The molecule has 0 saturated carbocycles. The summed E-state index contributed by atoms with van der Waals surface area (Å²) in [5.74, 6) is 0. The molecule has 0 atom stereocenters. The van der Waals surface area contributed by atoms with E-state index in [2.05, 4.69) is 30.1 Å². The quantitative estimate of drug-likeness (QED) is 0.656. The average molecular weight is 152 g/mol. The first-order valence-corrected chi connectivity index (χ1v) is 4.19. The van der Waals surface area contributed by atoms with Gasteiger partial charge in [0.15, 0.2) is 0 Å². The van der Waals surface area contributed by atoms with E-state index in [4.69, 9.17) is 5.73 Å². The molecule has 11 heavy (non-hydrogen) atoms. The molecule has 0 bridgehead atoms. The van der Waals surface area contributed by atoms with Crippen molar-refractivity contribution in [1.82, 2.24) is 4.90 Å². The zero-order valence-electron chi connectivity index (χ0n) is 7.09. The molecule has 2 nitrogen and oxygen atoms in total. The van der Waals surface area contributed by atoms with Gasteiger partial charge >= 0.3 is 0 Å². The molecule has 2 heteroatoms. The van der Waals surface area contributed by atoms with Gasteiger partial charge in [-0.15, -0.1) is 0 Å². The van der Waals surface area contributed by atoms with Crippen molar-refractivity contribution < 1.29 is 0 Å². The van der Waals surface area contributed by atoms with Crippen molar-refractivity contribution in [2.75, 3.05) is 19.6 Å². The van der Waals surface area contributed by atoms with Crippen LogP contribution in [0.25, 0.3) is 0 Å². The Hall–Kier alpha value is -0.760. The molecule has 0 aliphatic carbocycles. The topological polar surface area (TPSA) is 29.3 Å². The molecule has 0 radical (unpaired) electrons. The SMILES string of the molecule is CCN1CC=CC=C1CCN. The molecular weight excluding hydrogens is 136 g/mol. The van der Waals surface area contributed by atoms with Crippen LogP contribution in [0.5, 0.6) is 0 Å². The highest BCUT2D eigenvalue weighted by Gasteiger charge is 2.06. The lowest BCUT2D eigenvalue weighted by Gasteiger charge is -2.26. The van der Waals surface area contributed by atoms with E-state index in [0.29, 0.717) is 0 Å².